The molecule has 0 spiro atoms. The smallest absolute Gasteiger partial charge is 0.415 e. The van der Waals surface area contributed by atoms with E-state index >= 15 is 0 Å². The van der Waals surface area contributed by atoms with Crippen LogP contribution in [0.5, 0.6) is 5.88 Å². The second-order valence-corrected chi connectivity index (χ2v) is 11.6. The van der Waals surface area contributed by atoms with Gasteiger partial charge in [-0.2, -0.15) is 4.98 Å². The molecule has 2 N–H and O–H groups in total. The van der Waals surface area contributed by atoms with E-state index in [4.69, 9.17) is 14.6 Å². The minimum atomic E-state index is -0.503. The third-order valence-electron chi connectivity index (χ3n) is 6.01. The maximum atomic E-state index is 11.7. The fraction of sp³-hybridized carbons (Fsp3) is 0.286. The van der Waals surface area contributed by atoms with Crippen molar-refractivity contribution in [2.24, 2.45) is 0 Å². The Labute approximate surface area is 289 Å². The van der Waals surface area contributed by atoms with Crippen LogP contribution in [0.1, 0.15) is 52.6 Å². The predicted molar refractivity (Wildman–Crippen MR) is 186 cm³/mol. The summed E-state index contributed by atoms with van der Waals surface area (Å²) in [6.45, 7) is 5.86. The summed E-state index contributed by atoms with van der Waals surface area (Å²) >= 11 is 3.25. The van der Waals surface area contributed by atoms with Gasteiger partial charge < -0.3 is 29.4 Å². The number of aliphatic hydroxyl groups excluding tert-OH is 1. The van der Waals surface area contributed by atoms with Crippen molar-refractivity contribution in [3.63, 3.8) is 0 Å². The first-order valence-corrected chi connectivity index (χ1v) is 15.4. The lowest BCUT2D eigenvalue weighted by Crippen LogP contribution is -2.34. The van der Waals surface area contributed by atoms with E-state index in [1.807, 2.05) is 51.1 Å². The second kappa shape index (κ2) is 19.6. The molecule has 0 aliphatic heterocycles. The number of esters is 2. The number of carbonyl (C=O) groups excluding carboxylic acids is 3. The predicted octanol–water partition coefficient (Wildman–Crippen LogP) is 6.67. The standard InChI is InChI=1S/C15H16N2O3.C11H15BrN2O2.C9H10O3/c1-16-13-4-3-5-14(17-13)20-10-11-6-8-12(9-7-11)15(18)19-2;1-11(2,3)16-10(15)14(4)9-7-5-6-8(12)13-9;1-12-9(11)8-4-2-7(6-10)3-5-8/h3-9H,10H2,1-2H3,(H,16,17);5-7H,1-4H3;2-5,10H,6H2,1H3. The van der Waals surface area contributed by atoms with E-state index in [1.54, 1.807) is 68.7 Å². The van der Waals surface area contributed by atoms with Gasteiger partial charge in [0.25, 0.3) is 0 Å². The highest BCUT2D eigenvalue weighted by atomic mass is 79.9. The molecule has 0 saturated carbocycles. The molecule has 0 fully saturated rings. The van der Waals surface area contributed by atoms with Gasteiger partial charge in [0.05, 0.1) is 32.0 Å². The summed E-state index contributed by atoms with van der Waals surface area (Å²) in [5.74, 6) is 1.14. The minimum absolute atomic E-state index is 0.0124. The first-order valence-electron chi connectivity index (χ1n) is 14.6. The van der Waals surface area contributed by atoms with Crippen LogP contribution in [-0.4, -0.2) is 67.0 Å². The normalized spacial score (nSPS) is 10.2. The number of rotatable bonds is 8. The van der Waals surface area contributed by atoms with E-state index in [2.05, 4.69) is 40.7 Å². The Morgan fingerprint density at radius 2 is 1.35 bits per heavy atom. The third-order valence-corrected chi connectivity index (χ3v) is 6.45. The Balaban J connectivity index is 0.000000259. The number of aromatic nitrogens is 2. The summed E-state index contributed by atoms with van der Waals surface area (Å²) in [7, 11) is 6.13. The molecule has 0 bridgehead atoms. The lowest BCUT2D eigenvalue weighted by molar-refractivity contribution is 0.0581. The lowest BCUT2D eigenvalue weighted by atomic mass is 10.1. The van der Waals surface area contributed by atoms with Crippen molar-refractivity contribution >= 4 is 45.6 Å². The third kappa shape index (κ3) is 13.8. The van der Waals surface area contributed by atoms with Crippen molar-refractivity contribution in [2.75, 3.05) is 38.5 Å². The van der Waals surface area contributed by atoms with Crippen LogP contribution < -0.4 is 15.0 Å². The van der Waals surface area contributed by atoms with Gasteiger partial charge in [0.2, 0.25) is 5.88 Å². The molecule has 4 rings (SSSR count). The van der Waals surface area contributed by atoms with E-state index in [-0.39, 0.29) is 18.5 Å². The van der Waals surface area contributed by atoms with Crippen molar-refractivity contribution < 1.29 is 38.4 Å². The number of methoxy groups -OCH3 is 2. The molecule has 0 radical (unpaired) electrons. The van der Waals surface area contributed by atoms with Gasteiger partial charge >= 0.3 is 18.0 Å². The van der Waals surface area contributed by atoms with E-state index in [1.165, 1.54) is 19.1 Å². The van der Waals surface area contributed by atoms with Gasteiger partial charge in [0.1, 0.15) is 28.4 Å². The molecule has 2 heterocycles. The Kier molecular flexibility index (Phi) is 16.0. The zero-order valence-corrected chi connectivity index (χ0v) is 29.6. The van der Waals surface area contributed by atoms with Gasteiger partial charge in [0.15, 0.2) is 0 Å². The Morgan fingerprint density at radius 3 is 1.83 bits per heavy atom. The zero-order valence-electron chi connectivity index (χ0n) is 28.0. The zero-order chi connectivity index (χ0) is 35.7. The van der Waals surface area contributed by atoms with Crippen molar-refractivity contribution in [3.05, 3.63) is 112 Å². The minimum Gasteiger partial charge on any atom is -0.473 e. The molecule has 256 valence electrons. The molecule has 48 heavy (non-hydrogen) atoms. The van der Waals surface area contributed by atoms with Crippen molar-refractivity contribution in [2.45, 2.75) is 39.6 Å². The molecule has 0 aliphatic rings. The summed E-state index contributed by atoms with van der Waals surface area (Å²) in [5.41, 5.74) is 2.25. The lowest BCUT2D eigenvalue weighted by Gasteiger charge is -2.24. The first-order chi connectivity index (χ1) is 22.8. The molecule has 4 aromatic rings. The van der Waals surface area contributed by atoms with Gasteiger partial charge in [0, 0.05) is 20.2 Å². The number of benzene rings is 2. The summed E-state index contributed by atoms with van der Waals surface area (Å²) in [6.07, 6.45) is -0.418. The Morgan fingerprint density at radius 1 is 0.812 bits per heavy atom. The average Bonchev–Trinajstić information content (AvgIpc) is 3.09. The number of anilines is 2. The van der Waals surface area contributed by atoms with Gasteiger partial charge in [-0.15, -0.1) is 0 Å². The topological polar surface area (TPSA) is 149 Å². The number of pyridine rings is 2. The van der Waals surface area contributed by atoms with Crippen molar-refractivity contribution in [1.29, 1.82) is 0 Å². The van der Waals surface area contributed by atoms with Gasteiger partial charge in [-0.3, -0.25) is 4.90 Å². The number of aliphatic hydroxyl groups is 1. The van der Waals surface area contributed by atoms with E-state index in [9.17, 15) is 14.4 Å². The summed E-state index contributed by atoms with van der Waals surface area (Å²) in [4.78, 5) is 43.7. The molecular formula is C35H41BrN4O8. The van der Waals surface area contributed by atoms with E-state index in [0.29, 0.717) is 34.0 Å². The fourth-order valence-electron chi connectivity index (χ4n) is 3.52. The van der Waals surface area contributed by atoms with Crippen LogP contribution in [0.3, 0.4) is 0 Å². The highest BCUT2D eigenvalue weighted by Gasteiger charge is 2.21. The molecule has 0 atom stereocenters. The average molecular weight is 726 g/mol. The van der Waals surface area contributed by atoms with Crippen LogP contribution in [0.15, 0.2) is 89.5 Å². The van der Waals surface area contributed by atoms with Gasteiger partial charge in [-0.05, 0) is 90.3 Å². The van der Waals surface area contributed by atoms with Crippen LogP contribution in [0.4, 0.5) is 16.4 Å². The number of halogens is 1. The number of hydrogen-bond donors (Lipinski definition) is 2. The van der Waals surface area contributed by atoms with Crippen molar-refractivity contribution in [1.82, 2.24) is 9.97 Å². The summed E-state index contributed by atoms with van der Waals surface area (Å²) in [6, 6.07) is 24.6. The molecular weight excluding hydrogens is 684 g/mol. The monoisotopic (exact) mass is 724 g/mol. The Bertz CT molecular complexity index is 1610. The van der Waals surface area contributed by atoms with Crippen LogP contribution in [0.25, 0.3) is 0 Å². The Hall–Kier alpha value is -5.01. The number of nitrogens with one attached hydrogen (secondary N) is 1. The molecule has 1 amide bonds. The number of carbonyl (C=O) groups is 3. The van der Waals surface area contributed by atoms with Crippen LogP contribution in [0.2, 0.25) is 0 Å². The van der Waals surface area contributed by atoms with Crippen molar-refractivity contribution in [3.8, 4) is 5.88 Å². The molecule has 13 heteroatoms. The number of nitrogens with zero attached hydrogens (tertiary/aromatic N) is 3. The summed E-state index contributed by atoms with van der Waals surface area (Å²) < 4.78 is 20.7. The number of hydrogen-bond acceptors (Lipinski definition) is 11. The van der Waals surface area contributed by atoms with E-state index < -0.39 is 11.7 Å². The second-order valence-electron chi connectivity index (χ2n) is 10.8. The van der Waals surface area contributed by atoms with Crippen LogP contribution in [-0.2, 0) is 27.4 Å². The van der Waals surface area contributed by atoms with Crippen LogP contribution in [0, 0.1) is 0 Å². The maximum absolute atomic E-state index is 11.7. The highest BCUT2D eigenvalue weighted by molar-refractivity contribution is 9.10. The SMILES string of the molecule is CN(C(=O)OC(C)(C)C)c1cccc(Br)n1.CNc1cccc(OCc2ccc(C(=O)OC)cc2)n1.COC(=O)c1ccc(CO)cc1. The van der Waals surface area contributed by atoms with E-state index in [0.717, 1.165) is 16.9 Å². The number of ether oxygens (including phenoxy) is 4. The largest absolute Gasteiger partial charge is 0.473 e. The number of amides is 1. The van der Waals surface area contributed by atoms with Crippen LogP contribution >= 0.6 is 15.9 Å². The molecule has 0 saturated heterocycles. The molecule has 12 nitrogen and oxygen atoms in total. The fourth-order valence-corrected chi connectivity index (χ4v) is 3.85. The quantitative estimate of drug-likeness (QED) is 0.114. The highest BCUT2D eigenvalue weighted by Crippen LogP contribution is 2.17. The first kappa shape index (κ1) is 39.2. The molecule has 0 unspecified atom stereocenters. The molecule has 0 aliphatic carbocycles. The summed E-state index contributed by atoms with van der Waals surface area (Å²) in [5, 5.41) is 11.7. The molecule has 2 aromatic heterocycles. The maximum Gasteiger partial charge on any atom is 0.415 e. The molecule has 2 aromatic carbocycles. The van der Waals surface area contributed by atoms with Gasteiger partial charge in [-0.25, -0.2) is 19.4 Å². The van der Waals surface area contributed by atoms with Gasteiger partial charge in [-0.1, -0.05) is 36.4 Å².